The first kappa shape index (κ1) is 18.9. The molecular weight excluding hydrogens is 363 g/mol. The van der Waals surface area contributed by atoms with E-state index in [1.165, 1.54) is 18.3 Å². The van der Waals surface area contributed by atoms with Crippen LogP contribution in [0.15, 0.2) is 42.6 Å². The van der Waals surface area contributed by atoms with Crippen LogP contribution in [0.5, 0.6) is 11.6 Å². The van der Waals surface area contributed by atoms with Crippen LogP contribution in [0.3, 0.4) is 0 Å². The molecule has 1 atom stereocenters. The standard InChI is InChI=1S/C18H18F3N3O3/c19-18(20,21)13-4-1-5-14(10-13)26-12-17(25)24-9-3-6-15(11-24)27-16-7-2-8-22-23-16/h1-2,4-5,7-8,10,15H,3,6,9,11-12H2. The minimum Gasteiger partial charge on any atom is -0.484 e. The van der Waals surface area contributed by atoms with Crippen LogP contribution in [0.1, 0.15) is 18.4 Å². The average Bonchev–Trinajstić information content (AvgIpc) is 2.67. The molecule has 1 aliphatic heterocycles. The molecule has 2 aromatic rings. The first-order valence-corrected chi connectivity index (χ1v) is 8.44. The average molecular weight is 381 g/mol. The lowest BCUT2D eigenvalue weighted by atomic mass is 10.1. The number of rotatable bonds is 5. The van der Waals surface area contributed by atoms with Gasteiger partial charge < -0.3 is 14.4 Å². The Hall–Kier alpha value is -2.84. The third-order valence-corrected chi connectivity index (χ3v) is 4.09. The Morgan fingerprint density at radius 3 is 2.85 bits per heavy atom. The number of likely N-dealkylation sites (tertiary alicyclic amines) is 1. The van der Waals surface area contributed by atoms with E-state index in [0.29, 0.717) is 19.0 Å². The highest BCUT2D eigenvalue weighted by Crippen LogP contribution is 2.31. The van der Waals surface area contributed by atoms with Crippen molar-refractivity contribution in [2.75, 3.05) is 19.7 Å². The second-order valence-corrected chi connectivity index (χ2v) is 6.10. The molecule has 0 saturated carbocycles. The van der Waals surface area contributed by atoms with Crippen molar-refractivity contribution in [1.82, 2.24) is 15.1 Å². The van der Waals surface area contributed by atoms with Crippen LogP contribution in [0.25, 0.3) is 0 Å². The summed E-state index contributed by atoms with van der Waals surface area (Å²) in [5, 5.41) is 7.59. The van der Waals surface area contributed by atoms with Crippen molar-refractivity contribution < 1.29 is 27.4 Å². The number of benzene rings is 1. The quantitative estimate of drug-likeness (QED) is 0.797. The highest BCUT2D eigenvalue weighted by atomic mass is 19.4. The second kappa shape index (κ2) is 8.24. The number of ether oxygens (including phenoxy) is 2. The number of carbonyl (C=O) groups is 1. The van der Waals surface area contributed by atoms with Gasteiger partial charge >= 0.3 is 6.18 Å². The molecule has 1 aromatic carbocycles. The van der Waals surface area contributed by atoms with Gasteiger partial charge in [0.1, 0.15) is 11.9 Å². The van der Waals surface area contributed by atoms with Crippen LogP contribution in [-0.4, -0.2) is 46.8 Å². The Kier molecular flexibility index (Phi) is 5.78. The van der Waals surface area contributed by atoms with Crippen molar-refractivity contribution in [3.05, 3.63) is 48.2 Å². The number of hydrogen-bond acceptors (Lipinski definition) is 5. The summed E-state index contributed by atoms with van der Waals surface area (Å²) in [4.78, 5) is 13.9. The molecule has 6 nitrogen and oxygen atoms in total. The van der Waals surface area contributed by atoms with Crippen LogP contribution >= 0.6 is 0 Å². The molecule has 1 fully saturated rings. The van der Waals surface area contributed by atoms with Gasteiger partial charge in [-0.15, -0.1) is 5.10 Å². The van der Waals surface area contributed by atoms with Gasteiger partial charge in [-0.05, 0) is 37.1 Å². The van der Waals surface area contributed by atoms with Crippen LogP contribution in [0.2, 0.25) is 0 Å². The highest BCUT2D eigenvalue weighted by Gasteiger charge is 2.31. The zero-order chi connectivity index (χ0) is 19.3. The molecule has 27 heavy (non-hydrogen) atoms. The molecule has 0 aliphatic carbocycles. The molecule has 144 valence electrons. The van der Waals surface area contributed by atoms with E-state index in [0.717, 1.165) is 25.0 Å². The SMILES string of the molecule is O=C(COc1cccc(C(F)(F)F)c1)N1CCCC(Oc2cccnn2)C1. The molecule has 1 amide bonds. The summed E-state index contributed by atoms with van der Waals surface area (Å²) in [6.07, 6.45) is -1.61. The number of hydrogen-bond donors (Lipinski definition) is 0. The van der Waals surface area contributed by atoms with E-state index in [2.05, 4.69) is 10.2 Å². The normalized spacial score (nSPS) is 17.4. The Bertz CT molecular complexity index is 771. The van der Waals surface area contributed by atoms with Gasteiger partial charge in [0.15, 0.2) is 6.61 Å². The van der Waals surface area contributed by atoms with Gasteiger partial charge in [0.05, 0.1) is 12.1 Å². The van der Waals surface area contributed by atoms with Crippen LogP contribution in [-0.2, 0) is 11.0 Å². The predicted molar refractivity (Wildman–Crippen MR) is 89.2 cm³/mol. The molecule has 1 aromatic heterocycles. The Morgan fingerprint density at radius 2 is 2.11 bits per heavy atom. The van der Waals surface area contributed by atoms with Gasteiger partial charge in [0, 0.05) is 18.8 Å². The van der Waals surface area contributed by atoms with Crippen LogP contribution in [0.4, 0.5) is 13.2 Å². The molecule has 0 bridgehead atoms. The summed E-state index contributed by atoms with van der Waals surface area (Å²) in [6, 6.07) is 7.85. The van der Waals surface area contributed by atoms with E-state index in [-0.39, 0.29) is 24.4 Å². The molecule has 0 N–H and O–H groups in total. The van der Waals surface area contributed by atoms with E-state index in [1.54, 1.807) is 17.0 Å². The third kappa shape index (κ3) is 5.32. The number of amides is 1. The van der Waals surface area contributed by atoms with Gasteiger partial charge in [-0.2, -0.15) is 18.3 Å². The number of halogens is 3. The molecule has 1 saturated heterocycles. The lowest BCUT2D eigenvalue weighted by molar-refractivity contribution is -0.137. The van der Waals surface area contributed by atoms with Crippen molar-refractivity contribution in [3.63, 3.8) is 0 Å². The molecule has 3 rings (SSSR count). The minimum atomic E-state index is -4.46. The van der Waals surface area contributed by atoms with Crippen molar-refractivity contribution in [1.29, 1.82) is 0 Å². The Labute approximate surface area is 153 Å². The van der Waals surface area contributed by atoms with Crippen LogP contribution in [0, 0.1) is 0 Å². The van der Waals surface area contributed by atoms with Gasteiger partial charge in [-0.3, -0.25) is 4.79 Å². The smallest absolute Gasteiger partial charge is 0.416 e. The summed E-state index contributed by atoms with van der Waals surface area (Å²) in [7, 11) is 0. The zero-order valence-corrected chi connectivity index (χ0v) is 14.4. The maximum atomic E-state index is 12.7. The fraction of sp³-hybridized carbons (Fsp3) is 0.389. The first-order valence-electron chi connectivity index (χ1n) is 8.44. The molecule has 9 heteroatoms. The monoisotopic (exact) mass is 381 g/mol. The maximum Gasteiger partial charge on any atom is 0.416 e. The van der Waals surface area contributed by atoms with E-state index in [9.17, 15) is 18.0 Å². The lowest BCUT2D eigenvalue weighted by Gasteiger charge is -2.32. The molecule has 0 radical (unpaired) electrons. The molecular formula is C18H18F3N3O3. The van der Waals surface area contributed by atoms with E-state index in [4.69, 9.17) is 9.47 Å². The lowest BCUT2D eigenvalue weighted by Crippen LogP contribution is -2.46. The van der Waals surface area contributed by atoms with Crippen molar-refractivity contribution >= 4 is 5.91 Å². The van der Waals surface area contributed by atoms with Crippen molar-refractivity contribution in [2.45, 2.75) is 25.1 Å². The Balaban J connectivity index is 1.53. The number of aromatic nitrogens is 2. The summed E-state index contributed by atoms with van der Waals surface area (Å²) in [6.45, 7) is 0.575. The van der Waals surface area contributed by atoms with E-state index in [1.807, 2.05) is 0 Å². The van der Waals surface area contributed by atoms with Gasteiger partial charge in [-0.25, -0.2) is 0 Å². The van der Waals surface area contributed by atoms with Gasteiger partial charge in [0.2, 0.25) is 5.88 Å². The zero-order valence-electron chi connectivity index (χ0n) is 14.4. The van der Waals surface area contributed by atoms with Crippen molar-refractivity contribution in [3.8, 4) is 11.6 Å². The second-order valence-electron chi connectivity index (χ2n) is 6.10. The van der Waals surface area contributed by atoms with E-state index >= 15 is 0 Å². The largest absolute Gasteiger partial charge is 0.484 e. The molecule has 2 heterocycles. The van der Waals surface area contributed by atoms with Gasteiger partial charge in [0.25, 0.3) is 5.91 Å². The molecule has 0 spiro atoms. The summed E-state index contributed by atoms with van der Waals surface area (Å²) >= 11 is 0. The third-order valence-electron chi connectivity index (χ3n) is 4.09. The number of nitrogens with zero attached hydrogens (tertiary/aromatic N) is 3. The minimum absolute atomic E-state index is 0.00236. The fourth-order valence-corrected chi connectivity index (χ4v) is 2.78. The summed E-state index contributed by atoms with van der Waals surface area (Å²) in [5.41, 5.74) is -0.817. The molecule has 1 aliphatic rings. The predicted octanol–water partition coefficient (Wildman–Crippen LogP) is 2.94. The van der Waals surface area contributed by atoms with Crippen molar-refractivity contribution in [2.24, 2.45) is 0 Å². The Morgan fingerprint density at radius 1 is 1.26 bits per heavy atom. The number of piperidine rings is 1. The molecule has 1 unspecified atom stereocenters. The van der Waals surface area contributed by atoms with Gasteiger partial charge in [-0.1, -0.05) is 6.07 Å². The van der Waals surface area contributed by atoms with E-state index < -0.39 is 11.7 Å². The topological polar surface area (TPSA) is 64.5 Å². The summed E-state index contributed by atoms with van der Waals surface area (Å²) in [5.74, 6) is 0.0828. The first-order chi connectivity index (χ1) is 12.9. The summed E-state index contributed by atoms with van der Waals surface area (Å²) < 4.78 is 49.2. The van der Waals surface area contributed by atoms with Crippen LogP contribution < -0.4 is 9.47 Å². The maximum absolute atomic E-state index is 12.7. The fourth-order valence-electron chi connectivity index (χ4n) is 2.78. The number of alkyl halides is 3. The highest BCUT2D eigenvalue weighted by molar-refractivity contribution is 5.77. The number of carbonyl (C=O) groups excluding carboxylic acids is 1.